The number of esters is 1. The number of aromatic nitrogens is 1. The van der Waals surface area contributed by atoms with Gasteiger partial charge in [0.05, 0.1) is 18.9 Å². The zero-order valence-corrected chi connectivity index (χ0v) is 6.55. The molecular weight excluding hydrogens is 166 g/mol. The van der Waals surface area contributed by atoms with Gasteiger partial charge in [-0.25, -0.2) is 9.78 Å². The normalized spacial score (nSPS) is 9.27. The third-order valence-electron chi connectivity index (χ3n) is 1.09. The SMILES string of the molecule is COC(=O)c1c[c]nc(Cl)c1. The van der Waals surface area contributed by atoms with Gasteiger partial charge in [0, 0.05) is 0 Å². The topological polar surface area (TPSA) is 39.2 Å². The van der Waals surface area contributed by atoms with Crippen LogP contribution in [0.5, 0.6) is 0 Å². The van der Waals surface area contributed by atoms with Crippen molar-refractivity contribution < 1.29 is 9.53 Å². The molecule has 0 saturated heterocycles. The molecule has 1 heterocycles. The summed E-state index contributed by atoms with van der Waals surface area (Å²) in [7, 11) is 1.30. The van der Waals surface area contributed by atoms with Crippen molar-refractivity contribution in [1.29, 1.82) is 0 Å². The summed E-state index contributed by atoms with van der Waals surface area (Å²) in [5.74, 6) is -0.439. The van der Waals surface area contributed by atoms with E-state index in [-0.39, 0.29) is 5.15 Å². The molecule has 1 rings (SSSR count). The lowest BCUT2D eigenvalue weighted by Crippen LogP contribution is -2.00. The standard InChI is InChI=1S/C7H5ClNO2/c1-11-7(10)5-2-3-9-6(8)4-5/h2,4H,1H3. The van der Waals surface area contributed by atoms with Crippen LogP contribution in [0.1, 0.15) is 10.4 Å². The Bertz CT molecular complexity index is 275. The molecule has 0 aromatic carbocycles. The van der Waals surface area contributed by atoms with E-state index in [4.69, 9.17) is 11.6 Å². The molecule has 0 amide bonds. The Balaban J connectivity index is 2.96. The Morgan fingerprint density at radius 3 is 3.09 bits per heavy atom. The van der Waals surface area contributed by atoms with Crippen LogP contribution in [0.3, 0.4) is 0 Å². The van der Waals surface area contributed by atoms with Gasteiger partial charge in [0.25, 0.3) is 0 Å². The number of carbonyl (C=O) groups excluding carboxylic acids is 1. The van der Waals surface area contributed by atoms with Crippen molar-refractivity contribution in [3.05, 3.63) is 29.0 Å². The highest BCUT2D eigenvalue weighted by Gasteiger charge is 2.04. The van der Waals surface area contributed by atoms with Gasteiger partial charge in [0.1, 0.15) is 5.15 Å². The van der Waals surface area contributed by atoms with E-state index in [1.54, 1.807) is 0 Å². The minimum atomic E-state index is -0.439. The molecule has 0 aliphatic carbocycles. The number of carbonyl (C=O) groups is 1. The molecule has 1 radical (unpaired) electrons. The van der Waals surface area contributed by atoms with Crippen LogP contribution in [0.2, 0.25) is 5.15 Å². The van der Waals surface area contributed by atoms with E-state index in [2.05, 4.69) is 15.9 Å². The van der Waals surface area contributed by atoms with Gasteiger partial charge in [-0.2, -0.15) is 0 Å². The Morgan fingerprint density at radius 1 is 1.82 bits per heavy atom. The second-order valence-electron chi connectivity index (χ2n) is 1.80. The number of halogens is 1. The van der Waals surface area contributed by atoms with E-state index in [9.17, 15) is 4.79 Å². The highest BCUT2D eigenvalue weighted by molar-refractivity contribution is 6.29. The van der Waals surface area contributed by atoms with Crippen LogP contribution in [0.15, 0.2) is 12.1 Å². The highest BCUT2D eigenvalue weighted by atomic mass is 35.5. The lowest BCUT2D eigenvalue weighted by Gasteiger charge is -1.96. The summed E-state index contributed by atoms with van der Waals surface area (Å²) < 4.78 is 4.45. The Kier molecular flexibility index (Phi) is 2.44. The van der Waals surface area contributed by atoms with Crippen molar-refractivity contribution in [2.24, 2.45) is 0 Å². The van der Waals surface area contributed by atoms with Gasteiger partial charge in [-0.3, -0.25) is 0 Å². The summed E-state index contributed by atoms with van der Waals surface area (Å²) in [5, 5.41) is 0.230. The van der Waals surface area contributed by atoms with Gasteiger partial charge in [-0.15, -0.1) is 0 Å². The van der Waals surface area contributed by atoms with Gasteiger partial charge in [0.15, 0.2) is 0 Å². The zero-order chi connectivity index (χ0) is 8.27. The highest BCUT2D eigenvalue weighted by Crippen LogP contribution is 2.06. The smallest absolute Gasteiger partial charge is 0.338 e. The van der Waals surface area contributed by atoms with Gasteiger partial charge >= 0.3 is 5.97 Å². The summed E-state index contributed by atoms with van der Waals surface area (Å²) in [5.41, 5.74) is 0.354. The number of methoxy groups -OCH3 is 1. The fourth-order valence-corrected chi connectivity index (χ4v) is 0.768. The summed E-state index contributed by atoms with van der Waals surface area (Å²) in [6.45, 7) is 0. The molecule has 0 aliphatic rings. The van der Waals surface area contributed by atoms with Crippen LogP contribution < -0.4 is 0 Å². The molecular formula is C7H5ClNO2. The van der Waals surface area contributed by atoms with Gasteiger partial charge < -0.3 is 4.74 Å². The van der Waals surface area contributed by atoms with Gasteiger partial charge in [-0.1, -0.05) is 11.6 Å². The molecule has 11 heavy (non-hydrogen) atoms. The predicted octanol–water partition coefficient (Wildman–Crippen LogP) is 1.32. The maximum atomic E-state index is 10.8. The lowest BCUT2D eigenvalue weighted by molar-refractivity contribution is 0.0600. The van der Waals surface area contributed by atoms with Crippen LogP contribution in [-0.4, -0.2) is 18.1 Å². The molecule has 0 atom stereocenters. The van der Waals surface area contributed by atoms with Crippen molar-refractivity contribution >= 4 is 17.6 Å². The average molecular weight is 171 g/mol. The van der Waals surface area contributed by atoms with Crippen molar-refractivity contribution in [2.75, 3.05) is 7.11 Å². The Morgan fingerprint density at radius 2 is 2.55 bits per heavy atom. The zero-order valence-electron chi connectivity index (χ0n) is 5.80. The lowest BCUT2D eigenvalue weighted by atomic mass is 10.3. The molecule has 0 aliphatic heterocycles. The third-order valence-corrected chi connectivity index (χ3v) is 1.28. The number of hydrogen-bond acceptors (Lipinski definition) is 3. The van der Waals surface area contributed by atoms with E-state index in [0.717, 1.165) is 0 Å². The van der Waals surface area contributed by atoms with Crippen molar-refractivity contribution in [3.63, 3.8) is 0 Å². The number of nitrogens with zero attached hydrogens (tertiary/aromatic N) is 1. The molecule has 0 N–H and O–H groups in total. The minimum absolute atomic E-state index is 0.230. The maximum absolute atomic E-state index is 10.8. The first-order valence-electron chi connectivity index (χ1n) is 2.86. The van der Waals surface area contributed by atoms with Crippen molar-refractivity contribution in [3.8, 4) is 0 Å². The average Bonchev–Trinajstić information content (AvgIpc) is 2.03. The second kappa shape index (κ2) is 3.34. The number of pyridine rings is 1. The monoisotopic (exact) mass is 170 g/mol. The minimum Gasteiger partial charge on any atom is -0.465 e. The van der Waals surface area contributed by atoms with Crippen molar-refractivity contribution in [1.82, 2.24) is 4.98 Å². The largest absolute Gasteiger partial charge is 0.465 e. The molecule has 0 fully saturated rings. The second-order valence-corrected chi connectivity index (χ2v) is 2.19. The van der Waals surface area contributed by atoms with E-state index >= 15 is 0 Å². The van der Waals surface area contributed by atoms with E-state index in [1.807, 2.05) is 0 Å². The van der Waals surface area contributed by atoms with Crippen molar-refractivity contribution in [2.45, 2.75) is 0 Å². The van der Waals surface area contributed by atoms with Gasteiger partial charge in [-0.05, 0) is 12.1 Å². The van der Waals surface area contributed by atoms with Crippen LogP contribution >= 0.6 is 11.6 Å². The molecule has 3 nitrogen and oxygen atoms in total. The molecule has 1 aromatic rings. The first-order chi connectivity index (χ1) is 5.24. The number of ether oxygens (including phenoxy) is 1. The van der Waals surface area contributed by atoms with Crippen LogP contribution in [-0.2, 0) is 4.74 Å². The fraction of sp³-hybridized carbons (Fsp3) is 0.143. The third kappa shape index (κ3) is 1.91. The van der Waals surface area contributed by atoms with Gasteiger partial charge in [0.2, 0.25) is 0 Å². The van der Waals surface area contributed by atoms with Crippen LogP contribution in [0.25, 0.3) is 0 Å². The predicted molar refractivity (Wildman–Crippen MR) is 39.4 cm³/mol. The molecule has 57 valence electrons. The molecule has 1 aromatic heterocycles. The molecule has 0 saturated carbocycles. The number of hydrogen-bond donors (Lipinski definition) is 0. The molecule has 4 heteroatoms. The number of rotatable bonds is 1. The van der Waals surface area contributed by atoms with Crippen LogP contribution in [0.4, 0.5) is 0 Å². The van der Waals surface area contributed by atoms with Crippen LogP contribution in [0, 0.1) is 6.20 Å². The quantitative estimate of drug-likeness (QED) is 0.472. The molecule has 0 spiro atoms. The Labute approximate surface area is 69.0 Å². The summed E-state index contributed by atoms with van der Waals surface area (Å²) in [6.07, 6.45) is 2.46. The Hall–Kier alpha value is -1.09. The van der Waals surface area contributed by atoms with E-state index < -0.39 is 5.97 Å². The maximum Gasteiger partial charge on any atom is 0.338 e. The first-order valence-corrected chi connectivity index (χ1v) is 3.24. The first kappa shape index (κ1) is 8.01. The molecule has 0 bridgehead atoms. The molecule has 0 unspecified atom stereocenters. The summed E-state index contributed by atoms with van der Waals surface area (Å²) >= 11 is 5.50. The van der Waals surface area contributed by atoms with E-state index in [0.29, 0.717) is 5.56 Å². The summed E-state index contributed by atoms with van der Waals surface area (Å²) in [4.78, 5) is 14.4. The van der Waals surface area contributed by atoms with E-state index in [1.165, 1.54) is 19.2 Å². The fourth-order valence-electron chi connectivity index (χ4n) is 0.601. The summed E-state index contributed by atoms with van der Waals surface area (Å²) in [6, 6.07) is 2.83.